The second kappa shape index (κ2) is 9.89. The zero-order chi connectivity index (χ0) is 13.9. The third-order valence-electron chi connectivity index (χ3n) is 2.93. The summed E-state index contributed by atoms with van der Waals surface area (Å²) in [5, 5.41) is 3.06. The van der Waals surface area contributed by atoms with Crippen molar-refractivity contribution in [3.05, 3.63) is 35.6 Å². The standard InChI is InChI=1S/C15H24FNO2/c1-3-4-9-18-10-11-19-12-15(17-2)13-7-5-6-8-14(13)16/h5-8,15,17H,3-4,9-12H2,1-2H3. The van der Waals surface area contributed by atoms with E-state index in [0.29, 0.717) is 25.4 Å². The minimum absolute atomic E-state index is 0.128. The maximum absolute atomic E-state index is 13.6. The zero-order valence-electron chi connectivity index (χ0n) is 11.8. The van der Waals surface area contributed by atoms with E-state index in [4.69, 9.17) is 9.47 Å². The summed E-state index contributed by atoms with van der Waals surface area (Å²) < 4.78 is 24.5. The Morgan fingerprint density at radius 3 is 2.58 bits per heavy atom. The molecule has 0 saturated carbocycles. The summed E-state index contributed by atoms with van der Waals surface area (Å²) in [6.45, 7) is 4.48. The maximum Gasteiger partial charge on any atom is 0.128 e. The number of nitrogens with one attached hydrogen (secondary N) is 1. The van der Waals surface area contributed by atoms with Crippen LogP contribution in [-0.4, -0.2) is 33.5 Å². The molecule has 0 amide bonds. The van der Waals surface area contributed by atoms with Crippen LogP contribution >= 0.6 is 0 Å². The van der Waals surface area contributed by atoms with E-state index in [1.165, 1.54) is 6.07 Å². The first-order chi connectivity index (χ1) is 9.29. The third kappa shape index (κ3) is 6.14. The van der Waals surface area contributed by atoms with Crippen LogP contribution in [0.2, 0.25) is 0 Å². The normalized spacial score (nSPS) is 12.6. The van der Waals surface area contributed by atoms with Crippen molar-refractivity contribution in [2.45, 2.75) is 25.8 Å². The van der Waals surface area contributed by atoms with E-state index < -0.39 is 0 Å². The number of rotatable bonds is 10. The molecule has 0 saturated heterocycles. The van der Waals surface area contributed by atoms with Gasteiger partial charge in [-0.15, -0.1) is 0 Å². The molecule has 108 valence electrons. The summed E-state index contributed by atoms with van der Waals surface area (Å²) in [7, 11) is 1.80. The van der Waals surface area contributed by atoms with Gasteiger partial charge >= 0.3 is 0 Å². The molecule has 0 aliphatic heterocycles. The van der Waals surface area contributed by atoms with Crippen molar-refractivity contribution in [3.63, 3.8) is 0 Å². The van der Waals surface area contributed by atoms with E-state index in [1.807, 2.05) is 6.07 Å². The molecule has 0 fully saturated rings. The smallest absolute Gasteiger partial charge is 0.128 e. The number of hydrogen-bond acceptors (Lipinski definition) is 3. The molecule has 0 bridgehead atoms. The Bertz CT molecular complexity index is 347. The molecule has 0 aliphatic carbocycles. The molecule has 1 atom stereocenters. The zero-order valence-corrected chi connectivity index (χ0v) is 11.8. The van der Waals surface area contributed by atoms with Gasteiger partial charge in [-0.05, 0) is 19.5 Å². The lowest BCUT2D eigenvalue weighted by molar-refractivity contribution is 0.0385. The summed E-state index contributed by atoms with van der Waals surface area (Å²) in [4.78, 5) is 0. The van der Waals surface area contributed by atoms with E-state index >= 15 is 0 Å². The van der Waals surface area contributed by atoms with E-state index in [9.17, 15) is 4.39 Å². The van der Waals surface area contributed by atoms with Gasteiger partial charge in [0, 0.05) is 12.2 Å². The van der Waals surface area contributed by atoms with Crippen molar-refractivity contribution < 1.29 is 13.9 Å². The van der Waals surface area contributed by atoms with Gasteiger partial charge in [-0.1, -0.05) is 31.5 Å². The van der Waals surface area contributed by atoms with Gasteiger partial charge in [0.2, 0.25) is 0 Å². The second-order valence-corrected chi connectivity index (χ2v) is 4.40. The van der Waals surface area contributed by atoms with E-state index in [0.717, 1.165) is 19.4 Å². The highest BCUT2D eigenvalue weighted by Crippen LogP contribution is 2.16. The second-order valence-electron chi connectivity index (χ2n) is 4.40. The Labute approximate surface area is 115 Å². The molecule has 0 spiro atoms. The lowest BCUT2D eigenvalue weighted by atomic mass is 10.1. The van der Waals surface area contributed by atoms with Crippen LogP contribution in [0.1, 0.15) is 31.4 Å². The number of benzene rings is 1. The minimum Gasteiger partial charge on any atom is -0.379 e. The first-order valence-electron chi connectivity index (χ1n) is 6.86. The predicted molar refractivity (Wildman–Crippen MR) is 74.7 cm³/mol. The highest BCUT2D eigenvalue weighted by molar-refractivity contribution is 5.21. The largest absolute Gasteiger partial charge is 0.379 e. The predicted octanol–water partition coefficient (Wildman–Crippen LogP) is 2.92. The van der Waals surface area contributed by atoms with Crippen LogP contribution in [0.15, 0.2) is 24.3 Å². The SMILES string of the molecule is CCCCOCCOCC(NC)c1ccccc1F. The average molecular weight is 269 g/mol. The molecular formula is C15H24FNO2. The van der Waals surface area contributed by atoms with Crippen LogP contribution in [0.25, 0.3) is 0 Å². The molecule has 1 rings (SSSR count). The van der Waals surface area contributed by atoms with Gasteiger partial charge in [-0.3, -0.25) is 0 Å². The highest BCUT2D eigenvalue weighted by Gasteiger charge is 2.13. The molecule has 4 heteroatoms. The fourth-order valence-corrected chi connectivity index (χ4v) is 1.75. The summed E-state index contributed by atoms with van der Waals surface area (Å²) in [5.74, 6) is -0.204. The number of likely N-dealkylation sites (N-methyl/N-ethyl adjacent to an activating group) is 1. The van der Waals surface area contributed by atoms with E-state index in [-0.39, 0.29) is 11.9 Å². The maximum atomic E-state index is 13.6. The number of ether oxygens (including phenoxy) is 2. The van der Waals surface area contributed by atoms with Crippen molar-refractivity contribution in [2.24, 2.45) is 0 Å². The first-order valence-corrected chi connectivity index (χ1v) is 6.86. The van der Waals surface area contributed by atoms with Gasteiger partial charge in [0.25, 0.3) is 0 Å². The molecule has 0 aromatic heterocycles. The first kappa shape index (κ1) is 16.1. The molecular weight excluding hydrogens is 245 g/mol. The van der Waals surface area contributed by atoms with Crippen molar-refractivity contribution in [1.82, 2.24) is 5.32 Å². The lowest BCUT2D eigenvalue weighted by Crippen LogP contribution is -2.23. The minimum atomic E-state index is -0.204. The van der Waals surface area contributed by atoms with Crippen molar-refractivity contribution in [3.8, 4) is 0 Å². The van der Waals surface area contributed by atoms with Crippen LogP contribution in [0.5, 0.6) is 0 Å². The summed E-state index contributed by atoms with van der Waals surface area (Å²) >= 11 is 0. The summed E-state index contributed by atoms with van der Waals surface area (Å²) in [6, 6.07) is 6.63. The quantitative estimate of drug-likeness (QED) is 0.662. The van der Waals surface area contributed by atoms with Gasteiger partial charge in [0.05, 0.1) is 25.9 Å². The number of halogens is 1. The van der Waals surface area contributed by atoms with Crippen LogP contribution in [0.3, 0.4) is 0 Å². The average Bonchev–Trinajstić information content (AvgIpc) is 2.43. The number of unbranched alkanes of at least 4 members (excludes halogenated alkanes) is 1. The number of hydrogen-bond donors (Lipinski definition) is 1. The summed E-state index contributed by atoms with van der Waals surface area (Å²) in [5.41, 5.74) is 0.636. The Morgan fingerprint density at radius 2 is 1.89 bits per heavy atom. The van der Waals surface area contributed by atoms with E-state index in [2.05, 4.69) is 12.2 Å². The van der Waals surface area contributed by atoms with Crippen molar-refractivity contribution in [1.29, 1.82) is 0 Å². The van der Waals surface area contributed by atoms with Crippen LogP contribution in [0.4, 0.5) is 4.39 Å². The van der Waals surface area contributed by atoms with Crippen LogP contribution < -0.4 is 5.32 Å². The molecule has 0 heterocycles. The Balaban J connectivity index is 2.24. The molecule has 1 unspecified atom stereocenters. The van der Waals surface area contributed by atoms with Crippen LogP contribution in [0, 0.1) is 5.82 Å². The topological polar surface area (TPSA) is 30.5 Å². The van der Waals surface area contributed by atoms with Gasteiger partial charge < -0.3 is 14.8 Å². The highest BCUT2D eigenvalue weighted by atomic mass is 19.1. The van der Waals surface area contributed by atoms with Crippen molar-refractivity contribution in [2.75, 3.05) is 33.5 Å². The van der Waals surface area contributed by atoms with Gasteiger partial charge in [0.1, 0.15) is 5.82 Å². The summed E-state index contributed by atoms with van der Waals surface area (Å²) in [6.07, 6.45) is 2.21. The fraction of sp³-hybridized carbons (Fsp3) is 0.600. The molecule has 0 aliphatic rings. The molecule has 3 nitrogen and oxygen atoms in total. The monoisotopic (exact) mass is 269 g/mol. The molecule has 0 radical (unpaired) electrons. The molecule has 1 aromatic carbocycles. The third-order valence-corrected chi connectivity index (χ3v) is 2.93. The molecule has 19 heavy (non-hydrogen) atoms. The molecule has 1 N–H and O–H groups in total. The lowest BCUT2D eigenvalue weighted by Gasteiger charge is -2.17. The van der Waals surface area contributed by atoms with Crippen LogP contribution in [-0.2, 0) is 9.47 Å². The van der Waals surface area contributed by atoms with Gasteiger partial charge in [0.15, 0.2) is 0 Å². The van der Waals surface area contributed by atoms with Gasteiger partial charge in [-0.2, -0.15) is 0 Å². The van der Waals surface area contributed by atoms with Crippen molar-refractivity contribution >= 4 is 0 Å². The molecule has 1 aromatic rings. The Kier molecular flexibility index (Phi) is 8.38. The Morgan fingerprint density at radius 1 is 1.16 bits per heavy atom. The Hall–Kier alpha value is -0.970. The van der Waals surface area contributed by atoms with Gasteiger partial charge in [-0.25, -0.2) is 4.39 Å². The fourth-order valence-electron chi connectivity index (χ4n) is 1.75. The van der Waals surface area contributed by atoms with E-state index in [1.54, 1.807) is 19.2 Å².